The van der Waals surface area contributed by atoms with Crippen LogP contribution in [0.3, 0.4) is 0 Å². The zero-order chi connectivity index (χ0) is 11.1. The van der Waals surface area contributed by atoms with Crippen LogP contribution in [0.1, 0.15) is 6.42 Å². The highest BCUT2D eigenvalue weighted by Crippen LogP contribution is 2.11. The molecule has 0 aromatic heterocycles. The van der Waals surface area contributed by atoms with E-state index in [9.17, 15) is 4.79 Å². The Morgan fingerprint density at radius 3 is 3.13 bits per heavy atom. The number of hydrogen-bond donors (Lipinski definition) is 2. The van der Waals surface area contributed by atoms with Crippen LogP contribution in [0.4, 0.5) is 0 Å². The second kappa shape index (κ2) is 6.03. The van der Waals surface area contributed by atoms with Crippen LogP contribution >= 0.6 is 0 Å². The molecule has 1 rings (SSSR count). The summed E-state index contributed by atoms with van der Waals surface area (Å²) >= 11 is 0. The Labute approximate surface area is 89.5 Å². The molecule has 0 radical (unpaired) electrons. The SMILES string of the molecule is COC1=CC=CC(C(=O)NCCN)=CC1. The summed E-state index contributed by atoms with van der Waals surface area (Å²) < 4.78 is 5.09. The first-order chi connectivity index (χ1) is 7.27. The zero-order valence-corrected chi connectivity index (χ0v) is 8.82. The van der Waals surface area contributed by atoms with Crippen molar-refractivity contribution in [3.05, 3.63) is 35.6 Å². The Morgan fingerprint density at radius 2 is 2.47 bits per heavy atom. The summed E-state index contributed by atoms with van der Waals surface area (Å²) in [5.41, 5.74) is 5.94. The Kier molecular flexibility index (Phi) is 4.63. The predicted octanol–water partition coefficient (Wildman–Crippen LogP) is 0.478. The van der Waals surface area contributed by atoms with Crippen molar-refractivity contribution in [2.75, 3.05) is 20.2 Å². The maximum Gasteiger partial charge on any atom is 0.251 e. The number of hydrogen-bond acceptors (Lipinski definition) is 3. The summed E-state index contributed by atoms with van der Waals surface area (Å²) in [5.74, 6) is 0.746. The van der Waals surface area contributed by atoms with E-state index in [0.29, 0.717) is 25.1 Å². The highest BCUT2D eigenvalue weighted by Gasteiger charge is 2.07. The average molecular weight is 208 g/mol. The molecule has 0 unspecified atom stereocenters. The summed E-state index contributed by atoms with van der Waals surface area (Å²) in [7, 11) is 1.62. The van der Waals surface area contributed by atoms with Crippen molar-refractivity contribution >= 4 is 5.91 Å². The molecule has 15 heavy (non-hydrogen) atoms. The van der Waals surface area contributed by atoms with Crippen LogP contribution in [0.15, 0.2) is 35.6 Å². The van der Waals surface area contributed by atoms with Crippen LogP contribution in [-0.4, -0.2) is 26.1 Å². The molecule has 82 valence electrons. The van der Waals surface area contributed by atoms with Gasteiger partial charge in [-0.25, -0.2) is 0 Å². The van der Waals surface area contributed by atoms with Gasteiger partial charge in [0.25, 0.3) is 5.91 Å². The highest BCUT2D eigenvalue weighted by atomic mass is 16.5. The van der Waals surface area contributed by atoms with E-state index < -0.39 is 0 Å². The van der Waals surface area contributed by atoms with Crippen molar-refractivity contribution < 1.29 is 9.53 Å². The van der Waals surface area contributed by atoms with Crippen LogP contribution in [0, 0.1) is 0 Å². The highest BCUT2D eigenvalue weighted by molar-refractivity contribution is 5.96. The smallest absolute Gasteiger partial charge is 0.251 e. The quantitative estimate of drug-likeness (QED) is 0.706. The molecule has 0 bridgehead atoms. The monoisotopic (exact) mass is 208 g/mol. The van der Waals surface area contributed by atoms with E-state index in [1.165, 1.54) is 0 Å². The normalized spacial score (nSPS) is 15.1. The topological polar surface area (TPSA) is 64.3 Å². The largest absolute Gasteiger partial charge is 0.501 e. The number of carbonyl (C=O) groups is 1. The van der Waals surface area contributed by atoms with Crippen molar-refractivity contribution in [2.45, 2.75) is 6.42 Å². The van der Waals surface area contributed by atoms with Crippen molar-refractivity contribution in [1.29, 1.82) is 0 Å². The van der Waals surface area contributed by atoms with Crippen molar-refractivity contribution in [3.63, 3.8) is 0 Å². The van der Waals surface area contributed by atoms with E-state index in [-0.39, 0.29) is 5.91 Å². The van der Waals surface area contributed by atoms with E-state index in [1.54, 1.807) is 19.3 Å². The van der Waals surface area contributed by atoms with Crippen molar-refractivity contribution in [2.24, 2.45) is 5.73 Å². The molecule has 0 aliphatic heterocycles. The lowest BCUT2D eigenvalue weighted by Gasteiger charge is -2.03. The van der Waals surface area contributed by atoms with Crippen molar-refractivity contribution in [1.82, 2.24) is 5.32 Å². The van der Waals surface area contributed by atoms with E-state index in [0.717, 1.165) is 5.76 Å². The summed E-state index contributed by atoms with van der Waals surface area (Å²) in [6.45, 7) is 0.943. The molecule has 3 N–H and O–H groups in total. The van der Waals surface area contributed by atoms with Crippen LogP contribution in [0.5, 0.6) is 0 Å². The Balaban J connectivity index is 2.58. The lowest BCUT2D eigenvalue weighted by Crippen LogP contribution is -2.29. The van der Waals surface area contributed by atoms with Gasteiger partial charge in [-0.15, -0.1) is 0 Å². The van der Waals surface area contributed by atoms with Crippen LogP contribution < -0.4 is 11.1 Å². The summed E-state index contributed by atoms with van der Waals surface area (Å²) in [6.07, 6.45) is 7.89. The number of nitrogens with two attached hydrogens (primary N) is 1. The van der Waals surface area contributed by atoms with E-state index in [4.69, 9.17) is 10.5 Å². The molecule has 0 saturated carbocycles. The third-order valence-electron chi connectivity index (χ3n) is 2.04. The summed E-state index contributed by atoms with van der Waals surface area (Å²) in [5, 5.41) is 2.72. The van der Waals surface area contributed by atoms with Gasteiger partial charge in [0.05, 0.1) is 12.9 Å². The number of ether oxygens (including phenoxy) is 1. The molecule has 1 amide bonds. The Bertz CT molecular complexity index is 317. The maximum absolute atomic E-state index is 11.6. The van der Waals surface area contributed by atoms with Crippen molar-refractivity contribution in [3.8, 4) is 0 Å². The fraction of sp³-hybridized carbons (Fsp3) is 0.364. The minimum atomic E-state index is -0.0950. The molecular weight excluding hydrogens is 192 g/mol. The first-order valence-electron chi connectivity index (χ1n) is 4.87. The summed E-state index contributed by atoms with van der Waals surface area (Å²) in [4.78, 5) is 11.6. The zero-order valence-electron chi connectivity index (χ0n) is 8.82. The molecule has 0 fully saturated rings. The molecule has 0 aromatic carbocycles. The van der Waals surface area contributed by atoms with E-state index >= 15 is 0 Å². The van der Waals surface area contributed by atoms with Gasteiger partial charge in [0.2, 0.25) is 0 Å². The molecule has 4 nitrogen and oxygen atoms in total. The molecule has 0 saturated heterocycles. The van der Waals surface area contributed by atoms with Gasteiger partial charge in [0, 0.05) is 25.1 Å². The van der Waals surface area contributed by atoms with E-state index in [1.807, 2.05) is 12.2 Å². The number of rotatable bonds is 4. The van der Waals surface area contributed by atoms with Gasteiger partial charge in [0.15, 0.2) is 0 Å². The molecule has 1 aliphatic carbocycles. The number of allylic oxidation sites excluding steroid dienone is 3. The first-order valence-corrected chi connectivity index (χ1v) is 4.87. The minimum Gasteiger partial charge on any atom is -0.501 e. The lowest BCUT2D eigenvalue weighted by molar-refractivity contribution is -0.117. The maximum atomic E-state index is 11.6. The number of methoxy groups -OCH3 is 1. The number of amides is 1. The van der Waals surface area contributed by atoms with Gasteiger partial charge in [-0.3, -0.25) is 4.79 Å². The molecule has 0 atom stereocenters. The second-order valence-electron chi connectivity index (χ2n) is 3.10. The molecule has 0 heterocycles. The predicted molar refractivity (Wildman–Crippen MR) is 59.0 cm³/mol. The molecule has 0 spiro atoms. The fourth-order valence-corrected chi connectivity index (χ4v) is 1.21. The fourth-order valence-electron chi connectivity index (χ4n) is 1.21. The van der Waals surface area contributed by atoms with Gasteiger partial charge in [-0.2, -0.15) is 0 Å². The van der Waals surface area contributed by atoms with Crippen LogP contribution in [-0.2, 0) is 9.53 Å². The standard InChI is InChI=1S/C11H16N2O2/c1-15-10-4-2-3-9(5-6-10)11(14)13-8-7-12/h2-5H,6-8,12H2,1H3,(H,13,14). The molecular formula is C11H16N2O2. The Morgan fingerprint density at radius 1 is 1.67 bits per heavy atom. The summed E-state index contributed by atoms with van der Waals surface area (Å²) in [6, 6.07) is 0. The lowest BCUT2D eigenvalue weighted by atomic mass is 10.2. The molecule has 0 aromatic rings. The van der Waals surface area contributed by atoms with Gasteiger partial charge in [0.1, 0.15) is 0 Å². The minimum absolute atomic E-state index is 0.0950. The van der Waals surface area contributed by atoms with E-state index in [2.05, 4.69) is 5.32 Å². The van der Waals surface area contributed by atoms with Crippen LogP contribution in [0.2, 0.25) is 0 Å². The van der Waals surface area contributed by atoms with Gasteiger partial charge in [-0.05, 0) is 12.2 Å². The molecule has 4 heteroatoms. The van der Waals surface area contributed by atoms with Gasteiger partial charge in [-0.1, -0.05) is 12.2 Å². The third-order valence-corrected chi connectivity index (χ3v) is 2.04. The van der Waals surface area contributed by atoms with Gasteiger partial charge < -0.3 is 15.8 Å². The molecule has 1 aliphatic rings. The second-order valence-corrected chi connectivity index (χ2v) is 3.10. The van der Waals surface area contributed by atoms with Gasteiger partial charge >= 0.3 is 0 Å². The number of nitrogens with one attached hydrogen (secondary N) is 1. The third kappa shape index (κ3) is 3.59. The Hall–Kier alpha value is -1.55. The first kappa shape index (κ1) is 11.5. The average Bonchev–Trinajstić information content (AvgIpc) is 2.50. The van der Waals surface area contributed by atoms with Crippen LogP contribution in [0.25, 0.3) is 0 Å². The number of carbonyl (C=O) groups excluding carboxylic acids is 1.